The lowest BCUT2D eigenvalue weighted by molar-refractivity contribution is -0.154. The average Bonchev–Trinajstić information content (AvgIpc) is 3.34. The van der Waals surface area contributed by atoms with Crippen molar-refractivity contribution in [2.75, 3.05) is 7.11 Å². The van der Waals surface area contributed by atoms with Gasteiger partial charge in [0.15, 0.2) is 0 Å². The molecule has 2 aliphatic rings. The SMILES string of the molecule is COC(=O)[C@]1(Cc2ccccc2)N[C@H](c2ccccc2Cl)[C@H]2C(=O)N(Cc3ccccc3)C(=O)[C@H]21. The summed E-state index contributed by atoms with van der Waals surface area (Å²) in [4.78, 5) is 42.5. The summed E-state index contributed by atoms with van der Waals surface area (Å²) in [6, 6.07) is 25.4. The first-order valence-electron chi connectivity index (χ1n) is 11.5. The topological polar surface area (TPSA) is 75.7 Å². The molecule has 0 aromatic heterocycles. The first kappa shape index (κ1) is 23.3. The van der Waals surface area contributed by atoms with E-state index in [1.54, 1.807) is 12.1 Å². The highest BCUT2D eigenvalue weighted by Gasteiger charge is 2.68. The normalized spacial score (nSPS) is 25.5. The number of ether oxygens (including phenoxy) is 1. The van der Waals surface area contributed by atoms with Crippen molar-refractivity contribution in [3.05, 3.63) is 107 Å². The number of fused-ring (bicyclic) bond motifs is 1. The molecular formula is C28H25ClN2O4. The van der Waals surface area contributed by atoms with Gasteiger partial charge in [-0.1, -0.05) is 90.5 Å². The van der Waals surface area contributed by atoms with E-state index in [9.17, 15) is 14.4 Å². The van der Waals surface area contributed by atoms with Crippen LogP contribution >= 0.6 is 11.6 Å². The second-order valence-electron chi connectivity index (χ2n) is 9.02. The van der Waals surface area contributed by atoms with E-state index in [2.05, 4.69) is 5.32 Å². The van der Waals surface area contributed by atoms with Gasteiger partial charge in [0.1, 0.15) is 5.54 Å². The molecule has 35 heavy (non-hydrogen) atoms. The summed E-state index contributed by atoms with van der Waals surface area (Å²) in [5.74, 6) is -3.01. The van der Waals surface area contributed by atoms with Gasteiger partial charge in [0.25, 0.3) is 0 Å². The van der Waals surface area contributed by atoms with Crippen LogP contribution in [0, 0.1) is 11.8 Å². The third-order valence-electron chi connectivity index (χ3n) is 7.04. The third-order valence-corrected chi connectivity index (χ3v) is 7.39. The van der Waals surface area contributed by atoms with Gasteiger partial charge in [0, 0.05) is 17.5 Å². The van der Waals surface area contributed by atoms with Crippen LogP contribution in [0.25, 0.3) is 0 Å². The number of imide groups is 1. The van der Waals surface area contributed by atoms with E-state index in [0.717, 1.165) is 11.1 Å². The van der Waals surface area contributed by atoms with Crippen molar-refractivity contribution < 1.29 is 19.1 Å². The minimum atomic E-state index is -1.43. The van der Waals surface area contributed by atoms with Crippen LogP contribution in [-0.2, 0) is 32.1 Å². The minimum Gasteiger partial charge on any atom is -0.468 e. The molecule has 2 heterocycles. The molecule has 1 N–H and O–H groups in total. The fourth-order valence-electron chi connectivity index (χ4n) is 5.50. The first-order valence-corrected chi connectivity index (χ1v) is 11.9. The number of halogens is 1. The summed E-state index contributed by atoms with van der Waals surface area (Å²) in [6.45, 7) is 0.142. The number of benzene rings is 3. The molecule has 178 valence electrons. The molecule has 0 radical (unpaired) electrons. The number of esters is 1. The zero-order chi connectivity index (χ0) is 24.6. The number of nitrogens with zero attached hydrogens (tertiary/aromatic N) is 1. The van der Waals surface area contributed by atoms with Gasteiger partial charge in [0.05, 0.1) is 25.5 Å². The van der Waals surface area contributed by atoms with Crippen molar-refractivity contribution in [1.29, 1.82) is 0 Å². The van der Waals surface area contributed by atoms with Gasteiger partial charge < -0.3 is 4.74 Å². The highest BCUT2D eigenvalue weighted by molar-refractivity contribution is 6.31. The number of methoxy groups -OCH3 is 1. The summed E-state index contributed by atoms with van der Waals surface area (Å²) in [6.07, 6.45) is 0.195. The van der Waals surface area contributed by atoms with Crippen LogP contribution in [0.1, 0.15) is 22.7 Å². The number of hydrogen-bond donors (Lipinski definition) is 1. The van der Waals surface area contributed by atoms with Crippen LogP contribution in [0.15, 0.2) is 84.9 Å². The van der Waals surface area contributed by atoms with Crippen molar-refractivity contribution in [3.8, 4) is 0 Å². The quantitative estimate of drug-likeness (QED) is 0.420. The molecule has 0 aliphatic carbocycles. The molecule has 7 heteroatoms. The van der Waals surface area contributed by atoms with Gasteiger partial charge >= 0.3 is 5.97 Å². The van der Waals surface area contributed by atoms with Gasteiger partial charge in [-0.15, -0.1) is 0 Å². The van der Waals surface area contributed by atoms with Gasteiger partial charge in [-0.05, 0) is 22.8 Å². The molecule has 3 aromatic rings. The van der Waals surface area contributed by atoms with Crippen molar-refractivity contribution in [3.63, 3.8) is 0 Å². The Bertz CT molecular complexity index is 1270. The third kappa shape index (κ3) is 3.93. The number of hydrogen-bond acceptors (Lipinski definition) is 5. The minimum absolute atomic E-state index is 0.142. The predicted octanol–water partition coefficient (Wildman–Crippen LogP) is 3.94. The maximum atomic E-state index is 13.9. The number of carbonyl (C=O) groups excluding carboxylic acids is 3. The Labute approximate surface area is 208 Å². The Kier molecular flexibility index (Phi) is 6.17. The summed E-state index contributed by atoms with van der Waals surface area (Å²) in [5, 5.41) is 3.84. The van der Waals surface area contributed by atoms with Crippen molar-refractivity contribution in [2.45, 2.75) is 24.5 Å². The Morgan fingerprint density at radius 1 is 0.914 bits per heavy atom. The summed E-state index contributed by atoms with van der Waals surface area (Å²) < 4.78 is 5.25. The summed E-state index contributed by atoms with van der Waals surface area (Å²) >= 11 is 6.55. The monoisotopic (exact) mass is 488 g/mol. The van der Waals surface area contributed by atoms with E-state index in [0.29, 0.717) is 10.6 Å². The zero-order valence-corrected chi connectivity index (χ0v) is 19.9. The summed E-state index contributed by atoms with van der Waals surface area (Å²) in [7, 11) is 1.30. The summed E-state index contributed by atoms with van der Waals surface area (Å²) in [5.41, 5.74) is 0.933. The van der Waals surface area contributed by atoms with Gasteiger partial charge in [-0.2, -0.15) is 0 Å². The molecule has 0 bridgehead atoms. The van der Waals surface area contributed by atoms with Crippen LogP contribution < -0.4 is 5.32 Å². The molecule has 2 amide bonds. The molecule has 6 nitrogen and oxygen atoms in total. The van der Waals surface area contributed by atoms with Crippen LogP contribution in [0.3, 0.4) is 0 Å². The second-order valence-corrected chi connectivity index (χ2v) is 9.43. The van der Waals surface area contributed by atoms with Gasteiger partial charge in [-0.3, -0.25) is 24.6 Å². The largest absolute Gasteiger partial charge is 0.468 e. The maximum Gasteiger partial charge on any atom is 0.327 e. The van der Waals surface area contributed by atoms with E-state index in [-0.39, 0.29) is 24.8 Å². The molecule has 5 rings (SSSR count). The lowest BCUT2D eigenvalue weighted by atomic mass is 9.76. The van der Waals surface area contributed by atoms with E-state index < -0.39 is 29.4 Å². The first-order chi connectivity index (χ1) is 17.0. The van der Waals surface area contributed by atoms with E-state index in [1.807, 2.05) is 72.8 Å². The van der Waals surface area contributed by atoms with Crippen LogP contribution in [-0.4, -0.2) is 35.3 Å². The number of likely N-dealkylation sites (tertiary alicyclic amines) is 1. The van der Waals surface area contributed by atoms with E-state index in [1.165, 1.54) is 12.0 Å². The van der Waals surface area contributed by atoms with Crippen LogP contribution in [0.5, 0.6) is 0 Å². The average molecular weight is 489 g/mol. The van der Waals surface area contributed by atoms with Crippen LogP contribution in [0.4, 0.5) is 0 Å². The molecule has 0 saturated carbocycles. The maximum absolute atomic E-state index is 13.9. The van der Waals surface area contributed by atoms with Crippen molar-refractivity contribution in [1.82, 2.24) is 10.2 Å². The molecule has 4 atom stereocenters. The van der Waals surface area contributed by atoms with E-state index in [4.69, 9.17) is 16.3 Å². The Morgan fingerprint density at radius 3 is 2.14 bits per heavy atom. The molecule has 2 aliphatic heterocycles. The Hall–Kier alpha value is -3.48. The number of rotatable bonds is 6. The number of carbonyl (C=O) groups is 3. The predicted molar refractivity (Wildman–Crippen MR) is 131 cm³/mol. The van der Waals surface area contributed by atoms with Gasteiger partial charge in [0.2, 0.25) is 11.8 Å². The fraction of sp³-hybridized carbons (Fsp3) is 0.250. The Morgan fingerprint density at radius 2 is 1.51 bits per heavy atom. The lowest BCUT2D eigenvalue weighted by Crippen LogP contribution is -2.57. The molecule has 2 fully saturated rings. The number of amides is 2. The Balaban J connectivity index is 1.64. The standard InChI is InChI=1S/C28H25ClN2O4/c1-35-27(34)28(16-18-10-4-2-5-11-18)23-22(24(30-28)20-14-8-9-15-21(20)29)25(32)31(26(23)33)17-19-12-6-3-7-13-19/h2-15,22-24,30H,16-17H2,1H3/t22-,23-,24+,28+/m0/s1. The second kappa shape index (κ2) is 9.29. The molecule has 3 aromatic carbocycles. The lowest BCUT2D eigenvalue weighted by Gasteiger charge is -2.32. The van der Waals surface area contributed by atoms with Crippen molar-refractivity contribution in [2.24, 2.45) is 11.8 Å². The van der Waals surface area contributed by atoms with Crippen LogP contribution in [0.2, 0.25) is 5.02 Å². The number of nitrogens with one attached hydrogen (secondary N) is 1. The molecule has 2 saturated heterocycles. The van der Waals surface area contributed by atoms with E-state index >= 15 is 0 Å². The zero-order valence-electron chi connectivity index (χ0n) is 19.2. The highest BCUT2D eigenvalue weighted by Crippen LogP contribution is 2.51. The highest BCUT2D eigenvalue weighted by atomic mass is 35.5. The van der Waals surface area contributed by atoms with Gasteiger partial charge in [-0.25, -0.2) is 0 Å². The molecule has 0 spiro atoms. The smallest absolute Gasteiger partial charge is 0.327 e. The molecular weight excluding hydrogens is 464 g/mol. The fourth-order valence-corrected chi connectivity index (χ4v) is 5.75. The molecule has 0 unspecified atom stereocenters. The van der Waals surface area contributed by atoms with Crippen molar-refractivity contribution >= 4 is 29.4 Å².